The summed E-state index contributed by atoms with van der Waals surface area (Å²) in [6.07, 6.45) is 1.51. The lowest BCUT2D eigenvalue weighted by molar-refractivity contribution is 0.0659. The molecule has 7 nitrogen and oxygen atoms in total. The molecule has 3 amide bonds. The Balaban J connectivity index is 1.69. The largest absolute Gasteiger partial charge is 0.336 e. The van der Waals surface area contributed by atoms with Crippen molar-refractivity contribution in [3.05, 3.63) is 53.6 Å². The number of halogens is 1. The molecular weight excluding hydrogens is 349 g/mol. The van der Waals surface area contributed by atoms with Crippen LogP contribution in [0.1, 0.15) is 16.1 Å². The van der Waals surface area contributed by atoms with Crippen LogP contribution in [-0.2, 0) is 0 Å². The van der Waals surface area contributed by atoms with Gasteiger partial charge in [-0.05, 0) is 38.2 Å². The van der Waals surface area contributed by atoms with Crippen LogP contribution in [-0.4, -0.2) is 59.9 Å². The Hall–Kier alpha value is -3.00. The van der Waals surface area contributed by atoms with Gasteiger partial charge in [-0.2, -0.15) is 0 Å². The Morgan fingerprint density at radius 1 is 1.07 bits per heavy atom. The summed E-state index contributed by atoms with van der Waals surface area (Å²) < 4.78 is 14.8. The van der Waals surface area contributed by atoms with Crippen molar-refractivity contribution >= 4 is 23.3 Å². The summed E-state index contributed by atoms with van der Waals surface area (Å²) in [4.78, 5) is 32.6. The van der Waals surface area contributed by atoms with Gasteiger partial charge in [0.1, 0.15) is 0 Å². The first kappa shape index (κ1) is 18.8. The molecule has 0 saturated carbocycles. The fourth-order valence-electron chi connectivity index (χ4n) is 2.80. The number of aromatic nitrogens is 1. The van der Waals surface area contributed by atoms with E-state index < -0.39 is 11.8 Å². The highest BCUT2D eigenvalue weighted by molar-refractivity contribution is 6.01. The third-order valence-electron chi connectivity index (χ3n) is 4.44. The minimum absolute atomic E-state index is 0.0469. The third-order valence-corrected chi connectivity index (χ3v) is 4.44. The highest BCUT2D eigenvalue weighted by Crippen LogP contribution is 2.20. The van der Waals surface area contributed by atoms with Crippen LogP contribution in [0.2, 0.25) is 0 Å². The van der Waals surface area contributed by atoms with Gasteiger partial charge in [0.05, 0.1) is 23.1 Å². The number of benzene rings is 1. The number of likely N-dealkylation sites (N-methyl/N-ethyl adjacent to an activating group) is 1. The monoisotopic (exact) mass is 371 g/mol. The maximum absolute atomic E-state index is 14.8. The molecule has 0 radical (unpaired) electrons. The lowest BCUT2D eigenvalue weighted by Crippen LogP contribution is -2.47. The number of carbonyl (C=O) groups is 2. The average molecular weight is 371 g/mol. The van der Waals surface area contributed by atoms with Gasteiger partial charge in [0.25, 0.3) is 5.91 Å². The molecule has 1 aromatic carbocycles. The van der Waals surface area contributed by atoms with Crippen molar-refractivity contribution in [3.8, 4) is 0 Å². The molecule has 27 heavy (non-hydrogen) atoms. The number of amides is 3. The lowest BCUT2D eigenvalue weighted by atomic mass is 10.1. The summed E-state index contributed by atoms with van der Waals surface area (Å²) in [5.41, 5.74) is 1.22. The van der Waals surface area contributed by atoms with Gasteiger partial charge in [0.15, 0.2) is 5.82 Å². The number of anilines is 2. The number of pyridine rings is 1. The van der Waals surface area contributed by atoms with Crippen LogP contribution in [0.3, 0.4) is 0 Å². The number of hydrogen-bond donors (Lipinski definition) is 2. The number of piperazine rings is 1. The van der Waals surface area contributed by atoms with Crippen molar-refractivity contribution in [1.29, 1.82) is 0 Å². The molecular formula is C19H22FN5O2. The molecule has 1 fully saturated rings. The summed E-state index contributed by atoms with van der Waals surface area (Å²) >= 11 is 0. The predicted molar refractivity (Wildman–Crippen MR) is 101 cm³/mol. The van der Waals surface area contributed by atoms with Gasteiger partial charge in [-0.3, -0.25) is 9.78 Å². The van der Waals surface area contributed by atoms with Gasteiger partial charge in [0.2, 0.25) is 0 Å². The zero-order valence-electron chi connectivity index (χ0n) is 15.3. The number of rotatable bonds is 3. The third kappa shape index (κ3) is 4.59. The summed E-state index contributed by atoms with van der Waals surface area (Å²) in [6.45, 7) is 4.43. The first-order valence-corrected chi connectivity index (χ1v) is 8.71. The van der Waals surface area contributed by atoms with Crippen LogP contribution in [0.4, 0.5) is 20.6 Å². The van der Waals surface area contributed by atoms with E-state index >= 15 is 0 Å². The second-order valence-electron chi connectivity index (χ2n) is 6.53. The van der Waals surface area contributed by atoms with E-state index in [1.807, 2.05) is 14.0 Å². The SMILES string of the molecule is Cc1ccc(NC(=O)Nc2cccc(C(=O)N3CCN(C)CC3)c2F)cn1. The Morgan fingerprint density at radius 3 is 2.48 bits per heavy atom. The quantitative estimate of drug-likeness (QED) is 0.869. The summed E-state index contributed by atoms with van der Waals surface area (Å²) in [6, 6.07) is 7.25. The highest BCUT2D eigenvalue weighted by Gasteiger charge is 2.24. The Kier molecular flexibility index (Phi) is 5.66. The van der Waals surface area contributed by atoms with Crippen LogP contribution >= 0.6 is 0 Å². The molecule has 8 heteroatoms. The Bertz CT molecular complexity index is 832. The van der Waals surface area contributed by atoms with E-state index in [1.165, 1.54) is 18.3 Å². The maximum Gasteiger partial charge on any atom is 0.323 e. The molecule has 0 spiro atoms. The molecule has 0 bridgehead atoms. The van der Waals surface area contributed by atoms with Crippen LogP contribution < -0.4 is 10.6 Å². The van der Waals surface area contributed by atoms with Crippen molar-refractivity contribution in [1.82, 2.24) is 14.8 Å². The van der Waals surface area contributed by atoms with E-state index in [2.05, 4.69) is 20.5 Å². The van der Waals surface area contributed by atoms with E-state index in [1.54, 1.807) is 23.1 Å². The smallest absolute Gasteiger partial charge is 0.323 e. The van der Waals surface area contributed by atoms with Gasteiger partial charge in [-0.15, -0.1) is 0 Å². The number of nitrogens with zero attached hydrogens (tertiary/aromatic N) is 3. The second-order valence-corrected chi connectivity index (χ2v) is 6.53. The van der Waals surface area contributed by atoms with Crippen LogP contribution in [0, 0.1) is 12.7 Å². The molecule has 1 aliphatic heterocycles. The average Bonchev–Trinajstić information content (AvgIpc) is 2.65. The van der Waals surface area contributed by atoms with Crippen LogP contribution in [0.25, 0.3) is 0 Å². The van der Waals surface area contributed by atoms with Gasteiger partial charge < -0.3 is 20.4 Å². The fraction of sp³-hybridized carbons (Fsp3) is 0.316. The van der Waals surface area contributed by atoms with Crippen molar-refractivity contribution in [2.45, 2.75) is 6.92 Å². The molecule has 2 N–H and O–H groups in total. The van der Waals surface area contributed by atoms with Gasteiger partial charge in [-0.1, -0.05) is 6.07 Å². The molecule has 0 unspecified atom stereocenters. The molecule has 3 rings (SSSR count). The molecule has 0 atom stereocenters. The first-order chi connectivity index (χ1) is 12.9. The van der Waals surface area contributed by atoms with Crippen molar-refractivity contribution in [3.63, 3.8) is 0 Å². The molecule has 142 valence electrons. The second kappa shape index (κ2) is 8.13. The fourth-order valence-corrected chi connectivity index (χ4v) is 2.80. The number of urea groups is 1. The van der Waals surface area contributed by atoms with E-state index in [-0.39, 0.29) is 17.2 Å². The maximum atomic E-state index is 14.8. The summed E-state index contributed by atoms with van der Waals surface area (Å²) in [5.74, 6) is -1.11. The van der Waals surface area contributed by atoms with Gasteiger partial charge in [-0.25, -0.2) is 9.18 Å². The van der Waals surface area contributed by atoms with Crippen molar-refractivity contribution in [2.75, 3.05) is 43.9 Å². The zero-order valence-corrected chi connectivity index (χ0v) is 15.3. The minimum atomic E-state index is -0.737. The van der Waals surface area contributed by atoms with E-state index in [0.29, 0.717) is 18.8 Å². The Morgan fingerprint density at radius 2 is 1.81 bits per heavy atom. The number of aryl methyl sites for hydroxylation is 1. The summed E-state index contributed by atoms with van der Waals surface area (Å²) in [7, 11) is 1.98. The molecule has 1 aliphatic rings. The normalized spacial score (nSPS) is 14.7. The highest BCUT2D eigenvalue weighted by atomic mass is 19.1. The molecule has 2 heterocycles. The number of hydrogen-bond acceptors (Lipinski definition) is 4. The first-order valence-electron chi connectivity index (χ1n) is 8.71. The van der Waals surface area contributed by atoms with Crippen molar-refractivity contribution in [2.24, 2.45) is 0 Å². The molecule has 0 aliphatic carbocycles. The minimum Gasteiger partial charge on any atom is -0.336 e. The predicted octanol–water partition coefficient (Wildman–Crippen LogP) is 2.56. The number of carbonyl (C=O) groups excluding carboxylic acids is 2. The molecule has 2 aromatic rings. The van der Waals surface area contributed by atoms with E-state index in [0.717, 1.165) is 18.8 Å². The lowest BCUT2D eigenvalue weighted by Gasteiger charge is -2.32. The van der Waals surface area contributed by atoms with Gasteiger partial charge in [0, 0.05) is 31.9 Å². The molecule has 1 saturated heterocycles. The summed E-state index contributed by atoms with van der Waals surface area (Å²) in [5, 5.41) is 5.03. The zero-order chi connectivity index (χ0) is 19.4. The van der Waals surface area contributed by atoms with E-state index in [9.17, 15) is 14.0 Å². The Labute approximate surface area is 157 Å². The molecule has 1 aromatic heterocycles. The van der Waals surface area contributed by atoms with Gasteiger partial charge >= 0.3 is 6.03 Å². The standard InChI is InChI=1S/C19H22FN5O2/c1-13-6-7-14(12-21-13)22-19(27)23-16-5-3-4-15(17(16)20)18(26)25-10-8-24(2)9-11-25/h3-7,12H,8-11H2,1-2H3,(H2,22,23,27). The van der Waals surface area contributed by atoms with Crippen LogP contribution in [0.15, 0.2) is 36.5 Å². The number of nitrogens with one attached hydrogen (secondary N) is 2. The van der Waals surface area contributed by atoms with Crippen LogP contribution in [0.5, 0.6) is 0 Å². The topological polar surface area (TPSA) is 77.6 Å². The van der Waals surface area contributed by atoms with E-state index in [4.69, 9.17) is 0 Å². The van der Waals surface area contributed by atoms with Crippen molar-refractivity contribution < 1.29 is 14.0 Å².